The van der Waals surface area contributed by atoms with E-state index in [2.05, 4.69) is 9.47 Å². The number of aryl methyl sites for hydroxylation is 2. The Balaban J connectivity index is 0.000000229. The summed E-state index contributed by atoms with van der Waals surface area (Å²) in [5.41, 5.74) is 2.87. The molecule has 5 rings (SSSR count). The third kappa shape index (κ3) is 8.25. The van der Waals surface area contributed by atoms with Crippen LogP contribution in [0.3, 0.4) is 0 Å². The fraction of sp³-hybridized carbons (Fsp3) is 0.389. The molecular formula is C36H38F4O7. The zero-order valence-corrected chi connectivity index (χ0v) is 26.5. The molecule has 1 atom stereocenters. The van der Waals surface area contributed by atoms with Crippen LogP contribution in [0, 0.1) is 0 Å². The van der Waals surface area contributed by atoms with Gasteiger partial charge in [0.1, 0.15) is 23.9 Å². The highest BCUT2D eigenvalue weighted by Crippen LogP contribution is 2.44. The Kier molecular flexibility index (Phi) is 11.5. The highest BCUT2D eigenvalue weighted by molar-refractivity contribution is 5.95. The molecule has 2 aliphatic carbocycles. The minimum atomic E-state index is -3.67. The van der Waals surface area contributed by atoms with Gasteiger partial charge >= 0.3 is 23.8 Å². The van der Waals surface area contributed by atoms with Crippen molar-refractivity contribution in [1.29, 1.82) is 0 Å². The van der Waals surface area contributed by atoms with Crippen LogP contribution in [0.4, 0.5) is 17.6 Å². The summed E-state index contributed by atoms with van der Waals surface area (Å²) in [7, 11) is 1.60. The van der Waals surface area contributed by atoms with Gasteiger partial charge in [-0.1, -0.05) is 30.3 Å². The van der Waals surface area contributed by atoms with Crippen molar-refractivity contribution < 1.29 is 51.2 Å². The van der Waals surface area contributed by atoms with Gasteiger partial charge < -0.3 is 24.1 Å². The molecule has 0 bridgehead atoms. The maximum Gasteiger partial charge on any atom is 0.381 e. The Bertz CT molecular complexity index is 1580. The standard InChI is InChI=1S/C22H22F2O4.C14H16F2O3/c1-3-27-21(25)22(23,24)20-6-4-5-16-13-18(11-12-19(16)20)28-14-15-7-9-17(26-2)10-8-15;1-2-19-13(18)14(15,16)12-5-3-4-9-8-10(17)6-7-11(9)12/h6-13H,3-5,14H2,1-2H3;6-8,12,17H,2-5H2,1H3. The third-order valence-electron chi connectivity index (χ3n) is 7.99. The average Bonchev–Trinajstić information content (AvgIpc) is 3.07. The number of allylic oxidation sites excluding steroid dienone is 1. The number of carbonyl (C=O) groups is 2. The second-order valence-corrected chi connectivity index (χ2v) is 11.1. The van der Waals surface area contributed by atoms with Gasteiger partial charge in [0.2, 0.25) is 0 Å². The van der Waals surface area contributed by atoms with Crippen LogP contribution in [0.5, 0.6) is 17.2 Å². The summed E-state index contributed by atoms with van der Waals surface area (Å²) in [4.78, 5) is 23.1. The van der Waals surface area contributed by atoms with Crippen LogP contribution in [0.2, 0.25) is 0 Å². The molecule has 7 nitrogen and oxygen atoms in total. The van der Waals surface area contributed by atoms with E-state index in [1.165, 1.54) is 38.1 Å². The van der Waals surface area contributed by atoms with E-state index in [0.717, 1.165) is 16.9 Å². The van der Waals surface area contributed by atoms with Gasteiger partial charge in [0.15, 0.2) is 0 Å². The number of halogens is 4. The first-order valence-electron chi connectivity index (χ1n) is 15.4. The van der Waals surface area contributed by atoms with Crippen molar-refractivity contribution in [2.75, 3.05) is 20.3 Å². The number of ether oxygens (including phenoxy) is 4. The summed E-state index contributed by atoms with van der Waals surface area (Å²) in [5.74, 6) is -9.95. The minimum Gasteiger partial charge on any atom is -0.508 e. The molecule has 0 heterocycles. The second-order valence-electron chi connectivity index (χ2n) is 11.1. The molecule has 0 spiro atoms. The molecule has 0 saturated carbocycles. The van der Waals surface area contributed by atoms with Gasteiger partial charge in [0.05, 0.1) is 26.2 Å². The summed E-state index contributed by atoms with van der Waals surface area (Å²) in [5, 5.41) is 9.39. The van der Waals surface area contributed by atoms with E-state index in [1.54, 1.807) is 25.3 Å². The van der Waals surface area contributed by atoms with Crippen LogP contribution >= 0.6 is 0 Å². The van der Waals surface area contributed by atoms with E-state index in [4.69, 9.17) is 9.47 Å². The van der Waals surface area contributed by atoms with Crippen molar-refractivity contribution in [3.8, 4) is 17.2 Å². The Hall–Kier alpha value is -4.54. The third-order valence-corrected chi connectivity index (χ3v) is 7.99. The summed E-state index contributed by atoms with van der Waals surface area (Å²) < 4.78 is 77.2. The SMILES string of the molecule is CCOC(=O)C(F)(F)C1=CCCc2cc(OCc3ccc(OC)cc3)ccc21.CCOC(=O)C(F)(F)C1CCCc2cc(O)ccc21. The number of hydrogen-bond acceptors (Lipinski definition) is 7. The van der Waals surface area contributed by atoms with Crippen molar-refractivity contribution in [2.24, 2.45) is 0 Å². The van der Waals surface area contributed by atoms with E-state index >= 15 is 0 Å². The largest absolute Gasteiger partial charge is 0.508 e. The lowest BCUT2D eigenvalue weighted by atomic mass is 9.79. The molecule has 0 saturated heterocycles. The molecule has 3 aromatic carbocycles. The van der Waals surface area contributed by atoms with Crippen LogP contribution in [0.15, 0.2) is 66.7 Å². The van der Waals surface area contributed by atoms with Gasteiger partial charge in [-0.15, -0.1) is 0 Å². The lowest BCUT2D eigenvalue weighted by Gasteiger charge is -2.30. The van der Waals surface area contributed by atoms with E-state index in [0.29, 0.717) is 54.7 Å². The summed E-state index contributed by atoms with van der Waals surface area (Å²) in [6.45, 7) is 3.20. The number of fused-ring (bicyclic) bond motifs is 2. The monoisotopic (exact) mass is 658 g/mol. The lowest BCUT2D eigenvalue weighted by Crippen LogP contribution is -2.39. The number of rotatable bonds is 10. The molecule has 0 amide bonds. The van der Waals surface area contributed by atoms with Gasteiger partial charge in [-0.25, -0.2) is 9.59 Å². The van der Waals surface area contributed by atoms with Crippen molar-refractivity contribution in [3.05, 3.63) is 94.6 Å². The predicted molar refractivity (Wildman–Crippen MR) is 167 cm³/mol. The summed E-state index contributed by atoms with van der Waals surface area (Å²) >= 11 is 0. The molecular weight excluding hydrogens is 620 g/mol. The normalized spacial score (nSPS) is 15.6. The lowest BCUT2D eigenvalue weighted by molar-refractivity contribution is -0.175. The molecule has 3 aromatic rings. The summed E-state index contributed by atoms with van der Waals surface area (Å²) in [6, 6.07) is 16.8. The Morgan fingerprint density at radius 2 is 1.53 bits per heavy atom. The molecule has 0 aliphatic heterocycles. The highest BCUT2D eigenvalue weighted by Gasteiger charge is 2.50. The minimum absolute atomic E-state index is 0.0545. The number of benzene rings is 3. The fourth-order valence-corrected chi connectivity index (χ4v) is 5.68. The van der Waals surface area contributed by atoms with Crippen molar-refractivity contribution >= 4 is 17.5 Å². The quantitative estimate of drug-likeness (QED) is 0.176. The first-order chi connectivity index (χ1) is 22.4. The Morgan fingerprint density at radius 3 is 2.21 bits per heavy atom. The predicted octanol–water partition coefficient (Wildman–Crippen LogP) is 7.81. The number of alkyl halides is 4. The number of hydrogen-bond donors (Lipinski definition) is 1. The first kappa shape index (κ1) is 35.3. The maximum absolute atomic E-state index is 14.5. The van der Waals surface area contributed by atoms with Gasteiger partial charge in [0, 0.05) is 5.57 Å². The first-order valence-corrected chi connectivity index (χ1v) is 15.4. The molecule has 11 heteroatoms. The molecule has 0 aromatic heterocycles. The van der Waals surface area contributed by atoms with E-state index in [9.17, 15) is 32.3 Å². The molecule has 47 heavy (non-hydrogen) atoms. The number of phenolic OH excluding ortho intramolecular Hbond substituents is 1. The van der Waals surface area contributed by atoms with Gasteiger partial charge in [-0.2, -0.15) is 17.6 Å². The number of carbonyl (C=O) groups excluding carboxylic acids is 2. The number of esters is 2. The topological polar surface area (TPSA) is 91.3 Å². The Morgan fingerprint density at radius 1 is 0.851 bits per heavy atom. The smallest absolute Gasteiger partial charge is 0.381 e. The van der Waals surface area contributed by atoms with Gasteiger partial charge in [0.25, 0.3) is 0 Å². The average molecular weight is 659 g/mol. The van der Waals surface area contributed by atoms with Crippen molar-refractivity contribution in [1.82, 2.24) is 0 Å². The molecule has 0 fully saturated rings. The highest BCUT2D eigenvalue weighted by atomic mass is 19.3. The zero-order valence-electron chi connectivity index (χ0n) is 26.5. The van der Waals surface area contributed by atoms with E-state index in [-0.39, 0.29) is 31.0 Å². The van der Waals surface area contributed by atoms with E-state index < -0.39 is 29.7 Å². The fourth-order valence-electron chi connectivity index (χ4n) is 5.68. The molecule has 2 aliphatic rings. The van der Waals surface area contributed by atoms with Gasteiger partial charge in [-0.3, -0.25) is 0 Å². The second kappa shape index (κ2) is 15.4. The maximum atomic E-state index is 14.5. The zero-order chi connectivity index (χ0) is 34.2. The number of methoxy groups -OCH3 is 1. The van der Waals surface area contributed by atoms with Crippen molar-refractivity contribution in [3.63, 3.8) is 0 Å². The van der Waals surface area contributed by atoms with E-state index in [1.807, 2.05) is 24.3 Å². The number of aromatic hydroxyl groups is 1. The van der Waals surface area contributed by atoms with Crippen LogP contribution in [0.25, 0.3) is 5.57 Å². The van der Waals surface area contributed by atoms with Crippen LogP contribution < -0.4 is 9.47 Å². The Labute approximate surface area is 271 Å². The molecule has 1 unspecified atom stereocenters. The number of phenols is 1. The summed E-state index contributed by atoms with van der Waals surface area (Å²) in [6.07, 6.45) is 3.90. The van der Waals surface area contributed by atoms with Crippen LogP contribution in [-0.2, 0) is 38.5 Å². The van der Waals surface area contributed by atoms with Crippen LogP contribution in [0.1, 0.15) is 66.8 Å². The molecule has 0 radical (unpaired) electrons. The molecule has 1 N–H and O–H groups in total. The molecule has 252 valence electrons. The van der Waals surface area contributed by atoms with Crippen LogP contribution in [-0.4, -0.2) is 49.2 Å². The van der Waals surface area contributed by atoms with Gasteiger partial charge in [-0.05, 0) is 110 Å². The van der Waals surface area contributed by atoms with Crippen molar-refractivity contribution in [2.45, 2.75) is 70.3 Å².